The summed E-state index contributed by atoms with van der Waals surface area (Å²) in [7, 11) is 0. The molecule has 0 unspecified atom stereocenters. The summed E-state index contributed by atoms with van der Waals surface area (Å²) in [6, 6.07) is 19.6. The van der Waals surface area contributed by atoms with Gasteiger partial charge in [0, 0.05) is 12.1 Å². The highest BCUT2D eigenvalue weighted by molar-refractivity contribution is 7.80. The Morgan fingerprint density at radius 3 is 2.56 bits per heavy atom. The number of nitrogens with one attached hydrogen (secondary N) is 2. The first-order valence-electron chi connectivity index (χ1n) is 7.67. The Balaban J connectivity index is 1.50. The molecule has 6 heteroatoms. The van der Waals surface area contributed by atoms with Crippen molar-refractivity contribution in [1.29, 1.82) is 0 Å². The van der Waals surface area contributed by atoms with Gasteiger partial charge in [-0.25, -0.2) is 4.39 Å². The maximum Gasteiger partial charge on any atom is 0.187 e. The summed E-state index contributed by atoms with van der Waals surface area (Å²) < 4.78 is 18.6. The van der Waals surface area contributed by atoms with E-state index >= 15 is 0 Å². The summed E-state index contributed by atoms with van der Waals surface area (Å²) >= 11 is 5.16. The third kappa shape index (κ3) is 4.99. The molecule has 4 nitrogen and oxygen atoms in total. The van der Waals surface area contributed by atoms with Gasteiger partial charge in [0.1, 0.15) is 17.3 Å². The molecule has 0 fully saturated rings. The van der Waals surface area contributed by atoms with Crippen LogP contribution in [0, 0.1) is 5.82 Å². The standard InChI is InChI=1S/C19H16FN3OS/c20-16-8-6-15(7-9-16)18-11-10-17(24-18)13-22-23-19(25)21-12-14-4-2-1-3-5-14/h1-11,13H,12H2,(H2,21,23,25)/b22-13-. The summed E-state index contributed by atoms with van der Waals surface area (Å²) in [6.07, 6.45) is 1.53. The molecule has 2 aromatic carbocycles. The lowest BCUT2D eigenvalue weighted by Crippen LogP contribution is -2.31. The van der Waals surface area contributed by atoms with Crippen molar-refractivity contribution in [2.75, 3.05) is 0 Å². The van der Waals surface area contributed by atoms with Crippen molar-refractivity contribution in [3.63, 3.8) is 0 Å². The van der Waals surface area contributed by atoms with Gasteiger partial charge in [0.2, 0.25) is 0 Å². The molecule has 0 atom stereocenters. The fourth-order valence-corrected chi connectivity index (χ4v) is 2.29. The molecule has 3 aromatic rings. The van der Waals surface area contributed by atoms with Crippen LogP contribution in [0.5, 0.6) is 0 Å². The van der Waals surface area contributed by atoms with Crippen LogP contribution in [0.15, 0.2) is 76.2 Å². The molecule has 0 saturated heterocycles. The minimum atomic E-state index is -0.280. The van der Waals surface area contributed by atoms with E-state index in [1.807, 2.05) is 30.3 Å². The number of furan rings is 1. The summed E-state index contributed by atoms with van der Waals surface area (Å²) in [5, 5.41) is 7.53. The van der Waals surface area contributed by atoms with Crippen LogP contribution in [-0.4, -0.2) is 11.3 Å². The molecule has 1 heterocycles. The lowest BCUT2D eigenvalue weighted by molar-refractivity contribution is 0.574. The molecule has 0 bridgehead atoms. The molecule has 25 heavy (non-hydrogen) atoms. The molecule has 126 valence electrons. The fraction of sp³-hybridized carbons (Fsp3) is 0.0526. The zero-order valence-electron chi connectivity index (χ0n) is 13.3. The molecule has 0 spiro atoms. The van der Waals surface area contributed by atoms with Crippen LogP contribution in [0.4, 0.5) is 4.39 Å². The van der Waals surface area contributed by atoms with Crippen molar-refractivity contribution in [3.8, 4) is 11.3 Å². The fourth-order valence-electron chi connectivity index (χ4n) is 2.16. The van der Waals surface area contributed by atoms with Crippen LogP contribution in [0.3, 0.4) is 0 Å². The van der Waals surface area contributed by atoms with E-state index in [1.165, 1.54) is 18.3 Å². The molecule has 3 rings (SSSR count). The Morgan fingerprint density at radius 1 is 1.04 bits per heavy atom. The SMILES string of the molecule is Fc1ccc(-c2ccc(/C=N\NC(=S)NCc3ccccc3)o2)cc1. The number of hydrogen-bond donors (Lipinski definition) is 2. The highest BCUT2D eigenvalue weighted by Crippen LogP contribution is 2.21. The summed E-state index contributed by atoms with van der Waals surface area (Å²) in [5.41, 5.74) is 4.67. The molecule has 0 aliphatic carbocycles. The minimum Gasteiger partial charge on any atom is -0.455 e. The molecule has 0 amide bonds. The van der Waals surface area contributed by atoms with E-state index in [0.29, 0.717) is 23.2 Å². The van der Waals surface area contributed by atoms with E-state index < -0.39 is 0 Å². The topological polar surface area (TPSA) is 49.6 Å². The molecule has 0 aliphatic rings. The van der Waals surface area contributed by atoms with Crippen molar-refractivity contribution in [2.45, 2.75) is 6.54 Å². The quantitative estimate of drug-likeness (QED) is 0.412. The predicted molar refractivity (Wildman–Crippen MR) is 101 cm³/mol. The van der Waals surface area contributed by atoms with E-state index in [4.69, 9.17) is 16.6 Å². The van der Waals surface area contributed by atoms with E-state index in [2.05, 4.69) is 15.8 Å². The van der Waals surface area contributed by atoms with Crippen LogP contribution in [0.1, 0.15) is 11.3 Å². The van der Waals surface area contributed by atoms with E-state index in [1.54, 1.807) is 24.3 Å². The van der Waals surface area contributed by atoms with E-state index in [0.717, 1.165) is 11.1 Å². The molecule has 0 aliphatic heterocycles. The normalized spacial score (nSPS) is 10.8. The van der Waals surface area contributed by atoms with E-state index in [9.17, 15) is 4.39 Å². The van der Waals surface area contributed by atoms with Crippen molar-refractivity contribution >= 4 is 23.5 Å². The number of hydrazone groups is 1. The lowest BCUT2D eigenvalue weighted by atomic mass is 10.2. The first-order valence-corrected chi connectivity index (χ1v) is 8.08. The highest BCUT2D eigenvalue weighted by Gasteiger charge is 2.03. The van der Waals surface area contributed by atoms with Gasteiger partial charge in [0.05, 0.1) is 6.21 Å². The zero-order chi connectivity index (χ0) is 17.5. The first kappa shape index (κ1) is 16.9. The smallest absolute Gasteiger partial charge is 0.187 e. The summed E-state index contributed by atoms with van der Waals surface area (Å²) in [4.78, 5) is 0. The third-order valence-electron chi connectivity index (χ3n) is 3.41. The predicted octanol–water partition coefficient (Wildman–Crippen LogP) is 4.08. The van der Waals surface area contributed by atoms with Gasteiger partial charge in [-0.15, -0.1) is 0 Å². The monoisotopic (exact) mass is 353 g/mol. The van der Waals surface area contributed by atoms with Gasteiger partial charge in [-0.05, 0) is 54.2 Å². The minimum absolute atomic E-state index is 0.280. The molecular weight excluding hydrogens is 337 g/mol. The van der Waals surface area contributed by atoms with Crippen LogP contribution in [0.25, 0.3) is 11.3 Å². The Bertz CT molecular complexity index is 860. The molecule has 1 aromatic heterocycles. The molecule has 0 saturated carbocycles. The largest absolute Gasteiger partial charge is 0.455 e. The third-order valence-corrected chi connectivity index (χ3v) is 3.64. The molecule has 0 radical (unpaired) electrons. The van der Waals surface area contributed by atoms with Crippen molar-refractivity contribution in [3.05, 3.63) is 83.9 Å². The van der Waals surface area contributed by atoms with Gasteiger partial charge in [0.25, 0.3) is 0 Å². The average Bonchev–Trinajstić information content (AvgIpc) is 3.10. The maximum atomic E-state index is 12.9. The van der Waals surface area contributed by atoms with Crippen LogP contribution < -0.4 is 10.7 Å². The summed E-state index contributed by atoms with van der Waals surface area (Å²) in [5.74, 6) is 0.932. The van der Waals surface area contributed by atoms with Crippen LogP contribution in [-0.2, 0) is 6.54 Å². The van der Waals surface area contributed by atoms with E-state index in [-0.39, 0.29) is 5.82 Å². The highest BCUT2D eigenvalue weighted by atomic mass is 32.1. The zero-order valence-corrected chi connectivity index (χ0v) is 14.1. The second-order valence-corrected chi connectivity index (χ2v) is 5.66. The van der Waals surface area contributed by atoms with Crippen molar-refractivity contribution in [1.82, 2.24) is 10.7 Å². The lowest BCUT2D eigenvalue weighted by Gasteiger charge is -2.06. The Labute approximate surface area is 150 Å². The number of nitrogens with zero attached hydrogens (tertiary/aromatic N) is 1. The van der Waals surface area contributed by atoms with Gasteiger partial charge in [-0.3, -0.25) is 5.43 Å². The second kappa shape index (κ2) is 8.21. The number of hydrogen-bond acceptors (Lipinski definition) is 3. The Kier molecular flexibility index (Phi) is 5.53. The Morgan fingerprint density at radius 2 is 1.80 bits per heavy atom. The number of benzene rings is 2. The summed E-state index contributed by atoms with van der Waals surface area (Å²) in [6.45, 7) is 0.623. The van der Waals surface area contributed by atoms with Gasteiger partial charge in [-0.2, -0.15) is 5.10 Å². The number of rotatable bonds is 5. The molecule has 2 N–H and O–H groups in total. The van der Waals surface area contributed by atoms with Crippen LogP contribution in [0.2, 0.25) is 0 Å². The van der Waals surface area contributed by atoms with Gasteiger partial charge in [0.15, 0.2) is 5.11 Å². The van der Waals surface area contributed by atoms with Crippen molar-refractivity contribution in [2.24, 2.45) is 5.10 Å². The van der Waals surface area contributed by atoms with Gasteiger partial charge >= 0.3 is 0 Å². The van der Waals surface area contributed by atoms with Crippen molar-refractivity contribution < 1.29 is 8.81 Å². The first-order chi connectivity index (χ1) is 12.2. The maximum absolute atomic E-state index is 12.9. The number of thiocarbonyl (C=S) groups is 1. The van der Waals surface area contributed by atoms with Gasteiger partial charge in [-0.1, -0.05) is 30.3 Å². The van der Waals surface area contributed by atoms with Gasteiger partial charge < -0.3 is 9.73 Å². The second-order valence-electron chi connectivity index (χ2n) is 5.25. The molecular formula is C19H16FN3OS. The number of halogens is 1. The average molecular weight is 353 g/mol. The van der Waals surface area contributed by atoms with Crippen LogP contribution >= 0.6 is 12.2 Å². The Hall–Kier alpha value is -2.99.